The summed E-state index contributed by atoms with van der Waals surface area (Å²) in [6, 6.07) is 9.87. The van der Waals surface area contributed by atoms with E-state index in [0.29, 0.717) is 18.4 Å². The van der Waals surface area contributed by atoms with Crippen molar-refractivity contribution in [2.24, 2.45) is 17.8 Å². The molecule has 5 rings (SSSR count). The second-order valence-corrected chi connectivity index (χ2v) is 9.29. The van der Waals surface area contributed by atoms with E-state index in [0.717, 1.165) is 30.7 Å². The van der Waals surface area contributed by atoms with Crippen LogP contribution >= 0.6 is 0 Å². The molecule has 1 saturated heterocycles. The normalized spacial score (nSPS) is 32.1. The number of piperidine rings is 1. The number of carbonyl (C=O) groups excluding carboxylic acids is 1. The van der Waals surface area contributed by atoms with Gasteiger partial charge in [0.25, 0.3) is 0 Å². The first-order valence-electron chi connectivity index (χ1n) is 10.9. The number of benzene rings is 1. The van der Waals surface area contributed by atoms with Crippen LogP contribution in [-0.4, -0.2) is 29.9 Å². The molecule has 0 unspecified atom stereocenters. The molecule has 4 aliphatic rings. The molecule has 3 heteroatoms. The van der Waals surface area contributed by atoms with Gasteiger partial charge in [0.1, 0.15) is 0 Å². The van der Waals surface area contributed by atoms with Gasteiger partial charge in [-0.15, -0.1) is 0 Å². The molecule has 1 aromatic carbocycles. The van der Waals surface area contributed by atoms with E-state index in [-0.39, 0.29) is 5.91 Å². The summed E-state index contributed by atoms with van der Waals surface area (Å²) < 4.78 is 0. The van der Waals surface area contributed by atoms with Gasteiger partial charge in [-0.05, 0) is 86.9 Å². The Labute approximate surface area is 157 Å². The highest BCUT2D eigenvalue weighted by Gasteiger charge is 2.42. The lowest BCUT2D eigenvalue weighted by atomic mass is 9.86. The fraction of sp³-hybridized carbons (Fsp3) is 0.696. The number of nitrogens with one attached hydrogen (secondary N) is 1. The maximum Gasteiger partial charge on any atom is 0.223 e. The third-order valence-corrected chi connectivity index (χ3v) is 7.54. The van der Waals surface area contributed by atoms with Crippen LogP contribution in [0.4, 0.5) is 0 Å². The van der Waals surface area contributed by atoms with Crippen LogP contribution in [0.2, 0.25) is 0 Å². The molecule has 1 aromatic rings. The van der Waals surface area contributed by atoms with Crippen molar-refractivity contribution in [3.05, 3.63) is 35.4 Å². The highest BCUT2D eigenvalue weighted by Crippen LogP contribution is 2.47. The quantitative estimate of drug-likeness (QED) is 0.866. The predicted molar refractivity (Wildman–Crippen MR) is 104 cm³/mol. The molecule has 1 aliphatic heterocycles. The zero-order chi connectivity index (χ0) is 17.5. The lowest BCUT2D eigenvalue weighted by Gasteiger charge is -2.39. The molecule has 3 aliphatic carbocycles. The molecule has 0 spiro atoms. The number of rotatable bonds is 5. The molecule has 3 atom stereocenters. The first-order chi connectivity index (χ1) is 12.8. The standard InChI is InChI=1S/C23H32N2O/c26-23(19-6-7-19)24-15-17-2-1-3-20(13-17)18-8-10-25(11-9-18)22-14-16-4-5-21(22)12-16/h1-3,13,16,18-19,21-22H,4-12,14-15H2,(H,24,26)/t16-,21-,22-/m0/s1. The van der Waals surface area contributed by atoms with Crippen LogP contribution in [0.1, 0.15) is 68.4 Å². The van der Waals surface area contributed by atoms with Gasteiger partial charge in [0, 0.05) is 18.5 Å². The number of amides is 1. The van der Waals surface area contributed by atoms with E-state index in [1.54, 1.807) is 0 Å². The van der Waals surface area contributed by atoms with Crippen molar-refractivity contribution in [3.63, 3.8) is 0 Å². The van der Waals surface area contributed by atoms with Crippen molar-refractivity contribution in [2.45, 2.75) is 69.9 Å². The minimum absolute atomic E-state index is 0.245. The van der Waals surface area contributed by atoms with Crippen molar-refractivity contribution in [1.29, 1.82) is 0 Å². The van der Waals surface area contributed by atoms with Gasteiger partial charge in [0.15, 0.2) is 0 Å². The fourth-order valence-electron chi connectivity index (χ4n) is 5.86. The third kappa shape index (κ3) is 3.43. The second kappa shape index (κ2) is 6.99. The Bertz CT molecular complexity index is 660. The molecular weight excluding hydrogens is 320 g/mol. The van der Waals surface area contributed by atoms with Crippen LogP contribution in [0.15, 0.2) is 24.3 Å². The Morgan fingerprint density at radius 2 is 1.88 bits per heavy atom. The smallest absolute Gasteiger partial charge is 0.223 e. The molecule has 3 nitrogen and oxygen atoms in total. The maximum atomic E-state index is 11.9. The van der Waals surface area contributed by atoms with Crippen LogP contribution < -0.4 is 5.32 Å². The minimum atomic E-state index is 0.245. The molecule has 4 fully saturated rings. The fourth-order valence-corrected chi connectivity index (χ4v) is 5.86. The van der Waals surface area contributed by atoms with Gasteiger partial charge in [-0.2, -0.15) is 0 Å². The van der Waals surface area contributed by atoms with Crippen LogP contribution in [0, 0.1) is 17.8 Å². The summed E-state index contributed by atoms with van der Waals surface area (Å²) in [6.45, 7) is 3.25. The average molecular weight is 353 g/mol. The van der Waals surface area contributed by atoms with Crippen LogP contribution in [0.3, 0.4) is 0 Å². The van der Waals surface area contributed by atoms with Gasteiger partial charge in [0.05, 0.1) is 0 Å². The van der Waals surface area contributed by atoms with Crippen LogP contribution in [0.25, 0.3) is 0 Å². The number of fused-ring (bicyclic) bond motifs is 2. The van der Waals surface area contributed by atoms with Gasteiger partial charge in [0.2, 0.25) is 5.91 Å². The monoisotopic (exact) mass is 352 g/mol. The van der Waals surface area contributed by atoms with E-state index in [1.165, 1.54) is 62.7 Å². The van der Waals surface area contributed by atoms with Gasteiger partial charge >= 0.3 is 0 Å². The molecular formula is C23H32N2O. The molecule has 1 amide bonds. The molecule has 26 heavy (non-hydrogen) atoms. The van der Waals surface area contributed by atoms with Gasteiger partial charge in [-0.3, -0.25) is 4.79 Å². The Balaban J connectivity index is 1.16. The SMILES string of the molecule is O=C(NCc1cccc(C2CCN([C@H]3C[C@H]4CC[C@H]3C4)CC2)c1)C1CC1. The van der Waals surface area contributed by atoms with Gasteiger partial charge in [-0.25, -0.2) is 0 Å². The lowest BCUT2D eigenvalue weighted by Crippen LogP contribution is -2.43. The lowest BCUT2D eigenvalue weighted by molar-refractivity contribution is -0.122. The van der Waals surface area contributed by atoms with Crippen molar-refractivity contribution in [3.8, 4) is 0 Å². The number of carbonyl (C=O) groups is 1. The molecule has 2 bridgehead atoms. The zero-order valence-corrected chi connectivity index (χ0v) is 15.8. The Morgan fingerprint density at radius 3 is 2.58 bits per heavy atom. The van der Waals surface area contributed by atoms with Gasteiger partial charge < -0.3 is 10.2 Å². The van der Waals surface area contributed by atoms with Crippen molar-refractivity contribution >= 4 is 5.91 Å². The number of hydrogen-bond acceptors (Lipinski definition) is 2. The molecule has 140 valence electrons. The van der Waals surface area contributed by atoms with Crippen molar-refractivity contribution < 1.29 is 4.79 Å². The summed E-state index contributed by atoms with van der Waals surface area (Å²) in [6.07, 6.45) is 10.7. The summed E-state index contributed by atoms with van der Waals surface area (Å²) in [5.74, 6) is 3.30. The van der Waals surface area contributed by atoms with E-state index in [4.69, 9.17) is 0 Å². The Morgan fingerprint density at radius 1 is 1.04 bits per heavy atom. The van der Waals surface area contributed by atoms with Crippen LogP contribution in [-0.2, 0) is 11.3 Å². The average Bonchev–Trinajstić information content (AvgIpc) is 3.33. The highest BCUT2D eigenvalue weighted by molar-refractivity contribution is 5.80. The molecule has 1 N–H and O–H groups in total. The number of nitrogens with zero attached hydrogens (tertiary/aromatic N) is 1. The first-order valence-corrected chi connectivity index (χ1v) is 10.9. The van der Waals surface area contributed by atoms with Crippen molar-refractivity contribution in [1.82, 2.24) is 10.2 Å². The maximum absolute atomic E-state index is 11.9. The van der Waals surface area contributed by atoms with E-state index < -0.39 is 0 Å². The molecule has 0 radical (unpaired) electrons. The summed E-state index contributed by atoms with van der Waals surface area (Å²) in [4.78, 5) is 14.7. The second-order valence-electron chi connectivity index (χ2n) is 9.29. The van der Waals surface area contributed by atoms with Gasteiger partial charge in [-0.1, -0.05) is 30.7 Å². The van der Waals surface area contributed by atoms with E-state index >= 15 is 0 Å². The summed E-state index contributed by atoms with van der Waals surface area (Å²) in [5.41, 5.74) is 2.74. The summed E-state index contributed by atoms with van der Waals surface area (Å²) in [5, 5.41) is 3.10. The largest absolute Gasteiger partial charge is 0.352 e. The topological polar surface area (TPSA) is 32.3 Å². The van der Waals surface area contributed by atoms with Crippen molar-refractivity contribution in [2.75, 3.05) is 13.1 Å². The number of likely N-dealkylation sites (tertiary alicyclic amines) is 1. The van der Waals surface area contributed by atoms with E-state index in [2.05, 4.69) is 34.5 Å². The summed E-state index contributed by atoms with van der Waals surface area (Å²) >= 11 is 0. The Kier molecular flexibility index (Phi) is 4.52. The molecule has 3 saturated carbocycles. The van der Waals surface area contributed by atoms with E-state index in [1.807, 2.05) is 0 Å². The summed E-state index contributed by atoms with van der Waals surface area (Å²) in [7, 11) is 0. The first kappa shape index (κ1) is 16.8. The molecule has 0 aromatic heterocycles. The number of hydrogen-bond donors (Lipinski definition) is 1. The minimum Gasteiger partial charge on any atom is -0.352 e. The van der Waals surface area contributed by atoms with Crippen LogP contribution in [0.5, 0.6) is 0 Å². The predicted octanol–water partition coefficient (Wildman–Crippen LogP) is 4.08. The third-order valence-electron chi connectivity index (χ3n) is 7.54. The Hall–Kier alpha value is -1.35. The van der Waals surface area contributed by atoms with E-state index in [9.17, 15) is 4.79 Å². The zero-order valence-electron chi connectivity index (χ0n) is 15.8. The highest BCUT2D eigenvalue weighted by atomic mass is 16.2. The molecule has 1 heterocycles.